The molecule has 4 nitrogen and oxygen atoms in total. The average molecular weight is 228 g/mol. The van der Waals surface area contributed by atoms with E-state index in [-0.39, 0.29) is 0 Å². The zero-order valence-corrected chi connectivity index (χ0v) is 10.2. The summed E-state index contributed by atoms with van der Waals surface area (Å²) in [5.41, 5.74) is 6.52. The SMILES string of the molecule is CCSCCn1cc(CCCCN)nn1. The van der Waals surface area contributed by atoms with Crippen molar-refractivity contribution in [2.75, 3.05) is 18.1 Å². The van der Waals surface area contributed by atoms with Gasteiger partial charge in [-0.25, -0.2) is 0 Å². The molecule has 0 aromatic carbocycles. The lowest BCUT2D eigenvalue weighted by Crippen LogP contribution is -2.01. The van der Waals surface area contributed by atoms with Crippen molar-refractivity contribution in [3.8, 4) is 0 Å². The molecule has 0 saturated carbocycles. The summed E-state index contributed by atoms with van der Waals surface area (Å²) in [6.45, 7) is 3.90. The molecule has 15 heavy (non-hydrogen) atoms. The van der Waals surface area contributed by atoms with Gasteiger partial charge in [-0.3, -0.25) is 4.68 Å². The highest BCUT2D eigenvalue weighted by atomic mass is 32.2. The van der Waals surface area contributed by atoms with Crippen LogP contribution in [0.4, 0.5) is 0 Å². The largest absolute Gasteiger partial charge is 0.330 e. The summed E-state index contributed by atoms with van der Waals surface area (Å²) in [6, 6.07) is 0. The highest BCUT2D eigenvalue weighted by molar-refractivity contribution is 7.99. The summed E-state index contributed by atoms with van der Waals surface area (Å²) >= 11 is 1.93. The normalized spacial score (nSPS) is 10.8. The Kier molecular flexibility index (Phi) is 6.43. The first kappa shape index (κ1) is 12.5. The molecule has 86 valence electrons. The number of unbranched alkanes of at least 4 members (excludes halogenated alkanes) is 1. The fourth-order valence-corrected chi connectivity index (χ4v) is 1.92. The van der Waals surface area contributed by atoms with Gasteiger partial charge in [0, 0.05) is 11.9 Å². The molecule has 0 aliphatic carbocycles. The van der Waals surface area contributed by atoms with Gasteiger partial charge in [0.2, 0.25) is 0 Å². The Balaban J connectivity index is 2.23. The van der Waals surface area contributed by atoms with Crippen LogP contribution in [0, 0.1) is 0 Å². The quantitative estimate of drug-likeness (QED) is 0.682. The molecule has 0 aliphatic rings. The van der Waals surface area contributed by atoms with Crippen LogP contribution in [0.2, 0.25) is 0 Å². The smallest absolute Gasteiger partial charge is 0.0827 e. The molecule has 1 rings (SSSR count). The maximum atomic E-state index is 5.43. The summed E-state index contributed by atoms with van der Waals surface area (Å²) in [6.07, 6.45) is 5.22. The molecule has 2 N–H and O–H groups in total. The summed E-state index contributed by atoms with van der Waals surface area (Å²) in [5.74, 6) is 2.28. The molecular formula is C10H20N4S. The topological polar surface area (TPSA) is 56.7 Å². The molecule has 0 aliphatic heterocycles. The van der Waals surface area contributed by atoms with E-state index >= 15 is 0 Å². The first-order valence-electron chi connectivity index (χ1n) is 5.53. The molecule has 1 aromatic heterocycles. The van der Waals surface area contributed by atoms with E-state index in [9.17, 15) is 0 Å². The minimum absolute atomic E-state index is 0.765. The van der Waals surface area contributed by atoms with E-state index < -0.39 is 0 Å². The third kappa shape index (κ3) is 5.18. The Bertz CT molecular complexity index is 237. The molecule has 0 spiro atoms. The molecular weight excluding hydrogens is 208 g/mol. The van der Waals surface area contributed by atoms with E-state index in [1.54, 1.807) is 0 Å². The van der Waals surface area contributed by atoms with Crippen LogP contribution < -0.4 is 5.73 Å². The Morgan fingerprint density at radius 1 is 1.47 bits per heavy atom. The van der Waals surface area contributed by atoms with Crippen molar-refractivity contribution in [2.24, 2.45) is 5.73 Å². The van der Waals surface area contributed by atoms with Crippen LogP contribution in [0.15, 0.2) is 6.20 Å². The van der Waals surface area contributed by atoms with Gasteiger partial charge < -0.3 is 5.73 Å². The second-order valence-corrected chi connectivity index (χ2v) is 4.81. The van der Waals surface area contributed by atoms with Crippen molar-refractivity contribution in [1.29, 1.82) is 0 Å². The van der Waals surface area contributed by atoms with Crippen LogP contribution in [-0.4, -0.2) is 33.0 Å². The lowest BCUT2D eigenvalue weighted by atomic mass is 10.2. The van der Waals surface area contributed by atoms with Gasteiger partial charge in [0.1, 0.15) is 0 Å². The zero-order valence-electron chi connectivity index (χ0n) is 9.35. The van der Waals surface area contributed by atoms with Crippen LogP contribution >= 0.6 is 11.8 Å². The highest BCUT2D eigenvalue weighted by Gasteiger charge is 1.99. The van der Waals surface area contributed by atoms with Gasteiger partial charge in [-0.05, 0) is 31.6 Å². The van der Waals surface area contributed by atoms with Gasteiger partial charge in [-0.2, -0.15) is 11.8 Å². The molecule has 0 bridgehead atoms. The van der Waals surface area contributed by atoms with Gasteiger partial charge >= 0.3 is 0 Å². The second-order valence-electron chi connectivity index (χ2n) is 3.42. The van der Waals surface area contributed by atoms with E-state index in [0.29, 0.717) is 0 Å². The maximum absolute atomic E-state index is 5.43. The number of rotatable bonds is 8. The van der Waals surface area contributed by atoms with E-state index in [1.165, 1.54) is 0 Å². The molecule has 0 fully saturated rings. The third-order valence-electron chi connectivity index (χ3n) is 2.14. The van der Waals surface area contributed by atoms with Gasteiger partial charge in [0.15, 0.2) is 0 Å². The molecule has 0 amide bonds. The lowest BCUT2D eigenvalue weighted by Gasteiger charge is -1.97. The summed E-state index contributed by atoms with van der Waals surface area (Å²) in [7, 11) is 0. The van der Waals surface area contributed by atoms with Gasteiger partial charge in [0.05, 0.1) is 12.2 Å². The summed E-state index contributed by atoms with van der Waals surface area (Å²) < 4.78 is 1.93. The van der Waals surface area contributed by atoms with Crippen LogP contribution in [0.5, 0.6) is 0 Å². The Labute approximate surface area is 95.6 Å². The minimum atomic E-state index is 0.765. The fraction of sp³-hybridized carbons (Fsp3) is 0.800. The molecule has 5 heteroatoms. The van der Waals surface area contributed by atoms with Gasteiger partial charge in [-0.15, -0.1) is 5.10 Å². The van der Waals surface area contributed by atoms with Crippen molar-refractivity contribution in [2.45, 2.75) is 32.7 Å². The lowest BCUT2D eigenvalue weighted by molar-refractivity contribution is 0.632. The van der Waals surface area contributed by atoms with Gasteiger partial charge in [-0.1, -0.05) is 12.1 Å². The van der Waals surface area contributed by atoms with Crippen LogP contribution in [0.25, 0.3) is 0 Å². The number of aromatic nitrogens is 3. The average Bonchev–Trinajstić information content (AvgIpc) is 2.67. The molecule has 0 atom stereocenters. The Morgan fingerprint density at radius 3 is 3.07 bits per heavy atom. The maximum Gasteiger partial charge on any atom is 0.0827 e. The Morgan fingerprint density at radius 2 is 2.33 bits per heavy atom. The monoisotopic (exact) mass is 228 g/mol. The summed E-state index contributed by atoms with van der Waals surface area (Å²) in [5, 5.41) is 8.22. The van der Waals surface area contributed by atoms with Crippen LogP contribution in [-0.2, 0) is 13.0 Å². The highest BCUT2D eigenvalue weighted by Crippen LogP contribution is 2.03. The minimum Gasteiger partial charge on any atom is -0.330 e. The zero-order chi connectivity index (χ0) is 10.9. The van der Waals surface area contributed by atoms with E-state index in [4.69, 9.17) is 5.73 Å². The first-order valence-corrected chi connectivity index (χ1v) is 6.69. The number of nitrogens with two attached hydrogens (primary N) is 1. The number of hydrogen-bond acceptors (Lipinski definition) is 4. The number of hydrogen-bond donors (Lipinski definition) is 1. The number of thioether (sulfide) groups is 1. The van der Waals surface area contributed by atoms with Crippen LogP contribution in [0.1, 0.15) is 25.5 Å². The number of aryl methyl sites for hydroxylation is 2. The molecule has 0 unspecified atom stereocenters. The van der Waals surface area contributed by atoms with Crippen molar-refractivity contribution < 1.29 is 0 Å². The standard InChI is InChI=1S/C10H20N4S/c1-2-15-8-7-14-9-10(12-13-14)5-3-4-6-11/h9H,2-8,11H2,1H3. The Hall–Kier alpha value is -0.550. The van der Waals surface area contributed by atoms with E-state index in [2.05, 4.69) is 17.2 Å². The fourth-order valence-electron chi connectivity index (χ4n) is 1.32. The molecule has 1 aromatic rings. The van der Waals surface area contributed by atoms with Crippen LogP contribution in [0.3, 0.4) is 0 Å². The predicted octanol–water partition coefficient (Wildman–Crippen LogP) is 1.31. The van der Waals surface area contributed by atoms with Crippen molar-refractivity contribution in [3.63, 3.8) is 0 Å². The van der Waals surface area contributed by atoms with E-state index in [0.717, 1.165) is 49.6 Å². The molecule has 0 saturated heterocycles. The third-order valence-corrected chi connectivity index (χ3v) is 3.02. The van der Waals surface area contributed by atoms with Crippen molar-refractivity contribution in [3.05, 3.63) is 11.9 Å². The number of nitrogens with zero attached hydrogens (tertiary/aromatic N) is 3. The second kappa shape index (κ2) is 7.70. The van der Waals surface area contributed by atoms with Gasteiger partial charge in [0.25, 0.3) is 0 Å². The summed E-state index contributed by atoms with van der Waals surface area (Å²) in [4.78, 5) is 0. The van der Waals surface area contributed by atoms with Crippen molar-refractivity contribution >= 4 is 11.8 Å². The first-order chi connectivity index (χ1) is 7.36. The molecule has 1 heterocycles. The van der Waals surface area contributed by atoms with Crippen molar-refractivity contribution in [1.82, 2.24) is 15.0 Å². The predicted molar refractivity (Wildman–Crippen MR) is 65.0 cm³/mol. The van der Waals surface area contributed by atoms with E-state index in [1.807, 2.05) is 22.6 Å². The molecule has 0 radical (unpaired) electrons.